The predicted molar refractivity (Wildman–Crippen MR) is 483 cm³/mol. The Morgan fingerprint density at radius 1 is 0.172 bits per heavy atom. The summed E-state index contributed by atoms with van der Waals surface area (Å²) in [6, 6.07) is 123. The first-order valence-electron chi connectivity index (χ1n) is 45.0. The van der Waals surface area contributed by atoms with Crippen LogP contribution in [0.4, 0.5) is 22.7 Å². The van der Waals surface area contributed by atoms with Crippen LogP contribution in [0.3, 0.4) is 0 Å². The van der Waals surface area contributed by atoms with Gasteiger partial charge in [0.1, 0.15) is 0 Å². The van der Waals surface area contributed by atoms with Crippen LogP contribution in [0.1, 0.15) is 128 Å². The van der Waals surface area contributed by atoms with E-state index >= 15 is 0 Å². The zero-order chi connectivity index (χ0) is 75.8. The third kappa shape index (κ3) is 10.4. The van der Waals surface area contributed by atoms with Gasteiger partial charge in [0.05, 0.1) is 46.2 Å². The van der Waals surface area contributed by atoms with Crippen molar-refractivity contribution in [3.8, 4) is 11.4 Å². The van der Waals surface area contributed by atoms with E-state index in [2.05, 4.69) is 341 Å². The summed E-state index contributed by atoms with van der Waals surface area (Å²) in [5, 5.41) is 10.8. The van der Waals surface area contributed by atoms with Crippen LogP contribution in [-0.4, -0.2) is 66.6 Å². The van der Waals surface area contributed by atoms with Crippen molar-refractivity contribution in [1.82, 2.24) is 18.3 Å². The Kier molecular flexibility index (Phi) is 16.1. The maximum absolute atomic E-state index is 3.15. The van der Waals surface area contributed by atoms with E-state index in [0.29, 0.717) is 108 Å². The van der Waals surface area contributed by atoms with Crippen LogP contribution in [0.5, 0.6) is 0 Å². The normalized spacial score (nSPS) is 29.2. The second-order valence-corrected chi connectivity index (χ2v) is 37.2. The molecule has 2 aliphatic heterocycles. The first kappa shape index (κ1) is 68.3. The van der Waals surface area contributed by atoms with Gasteiger partial charge in [-0.05, 0) is 259 Å². The number of benzene rings is 12. The Balaban J connectivity index is 0.694. The van der Waals surface area contributed by atoms with E-state index in [1.807, 2.05) is 0 Å². The van der Waals surface area contributed by atoms with Gasteiger partial charge in [0.25, 0.3) is 0 Å². The van der Waals surface area contributed by atoms with Crippen LogP contribution in [0.15, 0.2) is 303 Å². The average molecular weight is 1510 g/mol. The predicted octanol–water partition coefficient (Wildman–Crippen LogP) is 25.9. The van der Waals surface area contributed by atoms with Crippen molar-refractivity contribution < 1.29 is 0 Å². The Labute approximate surface area is 681 Å². The minimum absolute atomic E-state index is 0.341. The summed E-state index contributed by atoms with van der Waals surface area (Å²) >= 11 is 0. The van der Waals surface area contributed by atoms with Gasteiger partial charge in [0.15, 0.2) is 0 Å². The maximum Gasteiger partial charge on any atom is 0.0541 e. The zero-order valence-electron chi connectivity index (χ0n) is 66.6. The number of nitrogens with zero attached hydrogens (tertiary/aromatic N) is 8. The highest BCUT2D eigenvalue weighted by atomic mass is 15.4. The lowest BCUT2D eigenvalue weighted by Gasteiger charge is -2.68. The molecule has 18 atom stereocenters. The molecule has 9 aliphatic rings. The maximum atomic E-state index is 3.15. The number of rotatable bonds is 8. The molecule has 0 radical (unpaired) electrons. The lowest BCUT2D eigenvalue weighted by atomic mass is 9.46. The molecule has 576 valence electrons. The van der Waals surface area contributed by atoms with Gasteiger partial charge < -0.3 is 37.9 Å². The molecule has 9 fully saturated rings. The molecule has 8 nitrogen and oxygen atoms in total. The van der Waals surface area contributed by atoms with Gasteiger partial charge in [0, 0.05) is 136 Å². The van der Waals surface area contributed by atoms with E-state index in [1.54, 1.807) is 0 Å². The standard InChI is InChI=1S/C108H104N8/c1-5-29-69(30-6-1)109-101-49-25-27-51-103(101)111(71-33-9-3-10-34-71)107-67-89-87(65-105(107)109)77-57-53-73(115-97-47-23-17-41-83(97)91-63-75(55-59-99(91)115)113-93-43-19-13-37-79(93)80-38-14-20-44-94(80)113)61-85(77)86-62-74(116-98-48-24-18-42-84(98)92-64-76(56-60-100(92)116)114-95-45-21-15-39-81(95)82-40-16-22-46-96(82)114)54-58-78(86)88-66-106-108(68-90(88)89)112(72-35-11-4-12-36-72)104-52-28-26-50-102(104)110(106)70-31-7-2-8-32-70/h1-24,29-48,55-56,59-60,63-64,73-74,77-78,85-90,101-108H,25-28,49-54,57-58,61-62,65-68H2. The first-order chi connectivity index (χ1) is 57.6. The largest absolute Gasteiger partial charge is 0.361 e. The monoisotopic (exact) mass is 1510 g/mol. The molecule has 4 aromatic heterocycles. The van der Waals surface area contributed by atoms with Crippen molar-refractivity contribution in [3.63, 3.8) is 0 Å². The smallest absolute Gasteiger partial charge is 0.0541 e. The van der Waals surface area contributed by atoms with E-state index in [-0.39, 0.29) is 0 Å². The summed E-state index contributed by atoms with van der Waals surface area (Å²) < 4.78 is 11.0. The Hall–Kier alpha value is -11.0. The Morgan fingerprint density at radius 2 is 0.414 bits per heavy atom. The summed E-state index contributed by atoms with van der Waals surface area (Å²) in [6.45, 7) is 0. The quantitative estimate of drug-likeness (QED) is 0.142. The lowest BCUT2D eigenvalue weighted by Crippen LogP contribution is -2.74. The molecule has 25 rings (SSSR count). The number of anilines is 4. The highest BCUT2D eigenvalue weighted by molar-refractivity contribution is 6.13. The second kappa shape index (κ2) is 27.3. The molecule has 0 amide bonds. The van der Waals surface area contributed by atoms with Gasteiger partial charge in [-0.2, -0.15) is 0 Å². The van der Waals surface area contributed by atoms with Crippen LogP contribution in [-0.2, 0) is 0 Å². The van der Waals surface area contributed by atoms with Crippen LogP contribution in [0, 0.1) is 47.3 Å². The minimum Gasteiger partial charge on any atom is -0.361 e. The molecule has 18 unspecified atom stereocenters. The first-order valence-corrected chi connectivity index (χ1v) is 45.0. The summed E-state index contributed by atoms with van der Waals surface area (Å²) in [5.41, 5.74) is 19.0. The highest BCUT2D eigenvalue weighted by Gasteiger charge is 2.63. The van der Waals surface area contributed by atoms with E-state index in [1.165, 1.54) is 237 Å². The number of hydrogen-bond acceptors (Lipinski definition) is 4. The number of hydrogen-bond donors (Lipinski definition) is 0. The molecular formula is C108H104N8. The van der Waals surface area contributed by atoms with Gasteiger partial charge in [-0.25, -0.2) is 0 Å². The van der Waals surface area contributed by atoms with Crippen molar-refractivity contribution in [1.29, 1.82) is 0 Å². The van der Waals surface area contributed by atoms with Gasteiger partial charge >= 0.3 is 0 Å². The second-order valence-electron chi connectivity index (χ2n) is 37.2. The summed E-state index contributed by atoms with van der Waals surface area (Å²) in [4.78, 5) is 12.6. The molecule has 0 N–H and O–H groups in total. The Morgan fingerprint density at radius 3 is 0.716 bits per heavy atom. The number of para-hydroxylation sites is 10. The molecule has 12 aromatic carbocycles. The van der Waals surface area contributed by atoms with Crippen molar-refractivity contribution >= 4 is 110 Å². The molecule has 7 saturated carbocycles. The molecule has 16 aromatic rings. The molecule has 116 heavy (non-hydrogen) atoms. The molecule has 0 spiro atoms. The lowest BCUT2D eigenvalue weighted by molar-refractivity contribution is -0.102. The molecule has 2 saturated heterocycles. The van der Waals surface area contributed by atoms with E-state index < -0.39 is 0 Å². The fourth-order valence-corrected chi connectivity index (χ4v) is 28.4. The fourth-order valence-electron chi connectivity index (χ4n) is 28.4. The highest BCUT2D eigenvalue weighted by Crippen LogP contribution is 2.66. The van der Waals surface area contributed by atoms with Crippen LogP contribution in [0.25, 0.3) is 98.6 Å². The number of aromatic nitrogens is 4. The minimum atomic E-state index is 0.341. The van der Waals surface area contributed by atoms with E-state index in [0.717, 1.165) is 0 Å². The van der Waals surface area contributed by atoms with Crippen LogP contribution >= 0.6 is 0 Å². The zero-order valence-corrected chi connectivity index (χ0v) is 66.6. The van der Waals surface area contributed by atoms with Crippen LogP contribution < -0.4 is 19.6 Å². The topological polar surface area (TPSA) is 32.7 Å². The molecular weight excluding hydrogens is 1410 g/mol. The summed E-state index contributed by atoms with van der Waals surface area (Å²) in [7, 11) is 0. The van der Waals surface area contributed by atoms with Crippen molar-refractivity contribution in [3.05, 3.63) is 303 Å². The van der Waals surface area contributed by atoms with Crippen LogP contribution in [0.2, 0.25) is 0 Å². The number of fused-ring (bicyclic) bond motifs is 24. The third-order valence-electron chi connectivity index (χ3n) is 32.4. The SMILES string of the molecule is c1ccc(N2C3CCCCC3N(c3ccccc3)C3CC4C(CC32)C2CCC(n3c5ccccc5c5cc(-n6c7ccccc7c7ccccc76)ccc53)CC2C2CC(n3c5ccccc5c5cc(-n6c7ccccc7c7ccccc76)ccc53)CCC2C2CC3C(CC24)N(c2ccccc2)C2CCCCC2N3c2ccccc2)cc1. The fraction of sp³-hybridized carbons (Fsp3) is 0.333. The third-order valence-corrected chi connectivity index (χ3v) is 32.4. The summed E-state index contributed by atoms with van der Waals surface area (Å²) in [6.07, 6.45) is 22.6. The number of piperazine rings is 2. The van der Waals surface area contributed by atoms with Gasteiger partial charge in [-0.1, -0.05) is 208 Å². The van der Waals surface area contributed by atoms with Gasteiger partial charge in [0.2, 0.25) is 0 Å². The van der Waals surface area contributed by atoms with Crippen molar-refractivity contribution in [2.75, 3.05) is 19.6 Å². The van der Waals surface area contributed by atoms with Gasteiger partial charge in [-0.3, -0.25) is 0 Å². The van der Waals surface area contributed by atoms with Crippen molar-refractivity contribution in [2.24, 2.45) is 47.3 Å². The molecule has 6 heterocycles. The Bertz CT molecular complexity index is 5920. The molecule has 8 heteroatoms. The van der Waals surface area contributed by atoms with Crippen molar-refractivity contribution in [2.45, 2.75) is 176 Å². The van der Waals surface area contributed by atoms with E-state index in [4.69, 9.17) is 0 Å². The van der Waals surface area contributed by atoms with E-state index in [9.17, 15) is 0 Å². The average Bonchev–Trinajstić information content (AvgIpc) is 1.03. The van der Waals surface area contributed by atoms with Gasteiger partial charge in [-0.15, -0.1) is 0 Å². The summed E-state index contributed by atoms with van der Waals surface area (Å²) in [5.74, 6) is 4.49. The molecule has 0 bridgehead atoms. The molecule has 7 aliphatic carbocycles.